The zero-order valence-electron chi connectivity index (χ0n) is 21.8. The SMILES string of the molecule is Cc1cccc(C(=O)N(C)C[C@@H](CCC2Oc3ccc(F)cc3C23CCNCC3)c2ccc(Cl)c(Cl)c2)c1. The van der Waals surface area contributed by atoms with Crippen molar-refractivity contribution >= 4 is 29.1 Å². The molecule has 0 saturated carbocycles. The molecule has 1 amide bonds. The van der Waals surface area contributed by atoms with Crippen molar-refractivity contribution < 1.29 is 13.9 Å². The third-order valence-electron chi connectivity index (χ3n) is 8.16. The van der Waals surface area contributed by atoms with Crippen molar-refractivity contribution in [1.82, 2.24) is 10.2 Å². The highest BCUT2D eigenvalue weighted by atomic mass is 35.5. The van der Waals surface area contributed by atoms with Gasteiger partial charge in [-0.2, -0.15) is 0 Å². The standard InChI is InChI=1S/C31H33Cl2FN2O2/c1-20-4-3-5-22(16-20)30(37)36(2)19-23(21-6-9-26(32)27(33)17-21)7-11-29-31(12-14-35-15-13-31)25-18-24(34)8-10-28(25)38-29/h3-6,8-10,16-18,23,29,35H,7,11-15,19H2,1-2H3/t23-,29?/m1/s1. The number of rotatable bonds is 7. The first kappa shape index (κ1) is 27.0. The molecule has 7 heteroatoms. The van der Waals surface area contributed by atoms with Crippen LogP contribution in [-0.4, -0.2) is 43.6 Å². The Morgan fingerprint density at radius 2 is 1.89 bits per heavy atom. The van der Waals surface area contributed by atoms with Crippen LogP contribution in [0.5, 0.6) is 5.75 Å². The maximum Gasteiger partial charge on any atom is 0.253 e. The molecule has 1 N–H and O–H groups in total. The summed E-state index contributed by atoms with van der Waals surface area (Å²) in [5.41, 5.74) is 3.53. The molecule has 2 aliphatic heterocycles. The van der Waals surface area contributed by atoms with Gasteiger partial charge in [0.2, 0.25) is 0 Å². The molecule has 5 rings (SSSR count). The van der Waals surface area contributed by atoms with Crippen LogP contribution in [0.3, 0.4) is 0 Å². The average Bonchev–Trinajstić information content (AvgIpc) is 3.19. The number of carbonyl (C=O) groups is 1. The number of ether oxygens (including phenoxy) is 1. The summed E-state index contributed by atoms with van der Waals surface area (Å²) in [7, 11) is 1.84. The minimum Gasteiger partial charge on any atom is -0.489 e. The molecule has 0 aliphatic carbocycles. The van der Waals surface area contributed by atoms with E-state index in [4.69, 9.17) is 27.9 Å². The van der Waals surface area contributed by atoms with Crippen LogP contribution in [0.2, 0.25) is 10.0 Å². The number of aryl methyl sites for hydroxylation is 1. The minimum atomic E-state index is -0.226. The normalized spacial score (nSPS) is 18.6. The van der Waals surface area contributed by atoms with E-state index in [-0.39, 0.29) is 29.2 Å². The first-order valence-corrected chi connectivity index (χ1v) is 14.0. The van der Waals surface area contributed by atoms with E-state index < -0.39 is 0 Å². The van der Waals surface area contributed by atoms with E-state index in [0.717, 1.165) is 61.2 Å². The fourth-order valence-electron chi connectivity index (χ4n) is 6.13. The molecule has 0 aromatic heterocycles. The number of fused-ring (bicyclic) bond motifs is 2. The first-order chi connectivity index (χ1) is 18.3. The number of amides is 1. The van der Waals surface area contributed by atoms with Crippen LogP contribution in [0.1, 0.15) is 58.6 Å². The second-order valence-electron chi connectivity index (χ2n) is 10.7. The van der Waals surface area contributed by atoms with Gasteiger partial charge in [0.1, 0.15) is 17.7 Å². The van der Waals surface area contributed by atoms with Gasteiger partial charge in [-0.15, -0.1) is 0 Å². The number of hydrogen-bond donors (Lipinski definition) is 1. The zero-order chi connectivity index (χ0) is 26.9. The number of nitrogens with one attached hydrogen (secondary N) is 1. The van der Waals surface area contributed by atoms with Crippen molar-refractivity contribution in [2.75, 3.05) is 26.7 Å². The number of benzene rings is 3. The van der Waals surface area contributed by atoms with Gasteiger partial charge in [0, 0.05) is 36.1 Å². The number of nitrogens with zero attached hydrogens (tertiary/aromatic N) is 1. The predicted molar refractivity (Wildman–Crippen MR) is 151 cm³/mol. The van der Waals surface area contributed by atoms with Gasteiger partial charge >= 0.3 is 0 Å². The fraction of sp³-hybridized carbons (Fsp3) is 0.387. The highest BCUT2D eigenvalue weighted by Crippen LogP contribution is 2.50. The molecule has 3 aromatic rings. The largest absolute Gasteiger partial charge is 0.489 e. The van der Waals surface area contributed by atoms with Gasteiger partial charge in [0.25, 0.3) is 5.91 Å². The maximum absolute atomic E-state index is 14.3. The van der Waals surface area contributed by atoms with E-state index in [0.29, 0.717) is 22.2 Å². The van der Waals surface area contributed by atoms with Crippen molar-refractivity contribution in [1.29, 1.82) is 0 Å². The van der Waals surface area contributed by atoms with Crippen molar-refractivity contribution in [2.45, 2.75) is 50.0 Å². The Morgan fingerprint density at radius 1 is 1.11 bits per heavy atom. The highest BCUT2D eigenvalue weighted by molar-refractivity contribution is 6.42. The lowest BCUT2D eigenvalue weighted by Gasteiger charge is -2.39. The number of likely N-dealkylation sites (N-methyl/N-ethyl adjacent to an activating group) is 1. The van der Waals surface area contributed by atoms with Crippen LogP contribution in [0.4, 0.5) is 4.39 Å². The molecular weight excluding hydrogens is 522 g/mol. The van der Waals surface area contributed by atoms with E-state index in [1.165, 1.54) is 6.07 Å². The van der Waals surface area contributed by atoms with Crippen LogP contribution >= 0.6 is 23.2 Å². The third-order valence-corrected chi connectivity index (χ3v) is 8.90. The topological polar surface area (TPSA) is 41.6 Å². The molecule has 1 spiro atoms. The molecule has 1 fully saturated rings. The molecule has 38 heavy (non-hydrogen) atoms. The van der Waals surface area contributed by atoms with Crippen molar-refractivity contribution in [3.63, 3.8) is 0 Å². The molecule has 0 bridgehead atoms. The van der Waals surface area contributed by atoms with E-state index in [9.17, 15) is 9.18 Å². The Bertz CT molecular complexity index is 1320. The highest BCUT2D eigenvalue weighted by Gasteiger charge is 2.49. The lowest BCUT2D eigenvalue weighted by Crippen LogP contribution is -2.47. The molecule has 2 atom stereocenters. The quantitative estimate of drug-likeness (QED) is 0.337. The summed E-state index contributed by atoms with van der Waals surface area (Å²) in [6.45, 7) is 4.25. The van der Waals surface area contributed by atoms with Crippen LogP contribution in [-0.2, 0) is 5.41 Å². The van der Waals surface area contributed by atoms with Crippen molar-refractivity contribution in [3.05, 3.63) is 98.8 Å². The second-order valence-corrected chi connectivity index (χ2v) is 11.5. The summed E-state index contributed by atoms with van der Waals surface area (Å²) in [5.74, 6) is 0.562. The van der Waals surface area contributed by atoms with Crippen LogP contribution in [0.15, 0.2) is 60.7 Å². The van der Waals surface area contributed by atoms with Gasteiger partial charge in [0.15, 0.2) is 0 Å². The Morgan fingerprint density at radius 3 is 2.63 bits per heavy atom. The minimum absolute atomic E-state index is 0.0198. The molecule has 2 aliphatic rings. The zero-order valence-corrected chi connectivity index (χ0v) is 23.3. The van der Waals surface area contributed by atoms with Crippen LogP contribution < -0.4 is 10.1 Å². The van der Waals surface area contributed by atoms with E-state index in [2.05, 4.69) is 5.32 Å². The Balaban J connectivity index is 1.39. The summed E-state index contributed by atoms with van der Waals surface area (Å²) in [4.78, 5) is 15.1. The van der Waals surface area contributed by atoms with E-state index in [1.807, 2.05) is 56.4 Å². The smallest absolute Gasteiger partial charge is 0.253 e. The van der Waals surface area contributed by atoms with Crippen molar-refractivity contribution in [3.8, 4) is 5.75 Å². The summed E-state index contributed by atoms with van der Waals surface area (Å²) in [6.07, 6.45) is 3.28. The second kappa shape index (κ2) is 11.3. The molecular formula is C31H33Cl2FN2O2. The number of hydrogen-bond acceptors (Lipinski definition) is 3. The van der Waals surface area contributed by atoms with Gasteiger partial charge in [-0.1, -0.05) is 47.0 Å². The van der Waals surface area contributed by atoms with Crippen molar-refractivity contribution in [2.24, 2.45) is 0 Å². The number of piperidine rings is 1. The Kier molecular flexibility index (Phi) is 7.99. The van der Waals surface area contributed by atoms with Gasteiger partial charge in [-0.25, -0.2) is 4.39 Å². The molecule has 1 saturated heterocycles. The summed E-state index contributed by atoms with van der Waals surface area (Å²) in [5, 5.41) is 4.44. The van der Waals surface area contributed by atoms with E-state index >= 15 is 0 Å². The monoisotopic (exact) mass is 554 g/mol. The van der Waals surface area contributed by atoms with Gasteiger partial charge in [-0.3, -0.25) is 4.79 Å². The maximum atomic E-state index is 14.3. The fourth-order valence-corrected chi connectivity index (χ4v) is 6.43. The summed E-state index contributed by atoms with van der Waals surface area (Å²) < 4.78 is 20.8. The Labute approximate surface area is 234 Å². The third kappa shape index (κ3) is 5.42. The van der Waals surface area contributed by atoms with Crippen LogP contribution in [0.25, 0.3) is 0 Å². The predicted octanol–water partition coefficient (Wildman–Crippen LogP) is 7.16. The molecule has 4 nitrogen and oxygen atoms in total. The summed E-state index contributed by atoms with van der Waals surface area (Å²) in [6, 6.07) is 18.3. The molecule has 200 valence electrons. The number of halogens is 3. The molecule has 1 unspecified atom stereocenters. The van der Waals surface area contributed by atoms with Gasteiger partial charge in [0.05, 0.1) is 10.0 Å². The molecule has 2 heterocycles. The van der Waals surface area contributed by atoms with Gasteiger partial charge < -0.3 is 15.0 Å². The summed E-state index contributed by atoms with van der Waals surface area (Å²) >= 11 is 12.6. The number of carbonyl (C=O) groups excluding carboxylic acids is 1. The Hall–Kier alpha value is -2.60. The van der Waals surface area contributed by atoms with E-state index in [1.54, 1.807) is 17.0 Å². The van der Waals surface area contributed by atoms with Gasteiger partial charge in [-0.05, 0) is 93.7 Å². The molecule has 3 aromatic carbocycles. The molecule has 0 radical (unpaired) electrons. The first-order valence-electron chi connectivity index (χ1n) is 13.2. The lowest BCUT2D eigenvalue weighted by molar-refractivity contribution is 0.0773. The lowest BCUT2D eigenvalue weighted by atomic mass is 9.69. The average molecular weight is 556 g/mol. The van der Waals surface area contributed by atoms with Crippen LogP contribution in [0, 0.1) is 12.7 Å².